The van der Waals surface area contributed by atoms with Gasteiger partial charge in [0.1, 0.15) is 5.75 Å². The molecule has 1 aliphatic heterocycles. The Hall–Kier alpha value is -3.04. The summed E-state index contributed by atoms with van der Waals surface area (Å²) in [5.41, 5.74) is 1.68. The van der Waals surface area contributed by atoms with E-state index in [0.29, 0.717) is 18.4 Å². The van der Waals surface area contributed by atoms with Crippen molar-refractivity contribution in [2.24, 2.45) is 0 Å². The number of hydrogen-bond acceptors (Lipinski definition) is 7. The fraction of sp³-hybridized carbons (Fsp3) is 0.286. The standard InChI is InChI=1S/C21H23N5O3S/c1-28-18-9-7-16(8-10-18)22-19(27)15-30-21-24-23-20(25-11-13-29-14-12-25)26(21)17-5-3-2-4-6-17/h2-10H,11-15H2,1H3,(H,22,27). The molecule has 0 unspecified atom stereocenters. The first kappa shape index (κ1) is 20.2. The molecule has 4 rings (SSSR count). The summed E-state index contributed by atoms with van der Waals surface area (Å²) in [5.74, 6) is 1.62. The molecule has 1 fully saturated rings. The molecule has 1 amide bonds. The van der Waals surface area contributed by atoms with Gasteiger partial charge in [-0.3, -0.25) is 9.36 Å². The Morgan fingerprint density at radius 2 is 1.83 bits per heavy atom. The van der Waals surface area contributed by atoms with Crippen LogP contribution < -0.4 is 15.0 Å². The molecule has 1 aliphatic rings. The molecular formula is C21H23N5O3S. The molecule has 0 spiro atoms. The molecule has 8 nitrogen and oxygen atoms in total. The number of para-hydroxylation sites is 1. The fourth-order valence-corrected chi connectivity index (χ4v) is 3.88. The minimum absolute atomic E-state index is 0.110. The summed E-state index contributed by atoms with van der Waals surface area (Å²) in [6.07, 6.45) is 0. The van der Waals surface area contributed by atoms with Gasteiger partial charge in [0.2, 0.25) is 11.9 Å². The SMILES string of the molecule is COc1ccc(NC(=O)CSc2nnc(N3CCOCC3)n2-c2ccccc2)cc1. The predicted octanol–water partition coefficient (Wildman–Crippen LogP) is 2.84. The molecule has 30 heavy (non-hydrogen) atoms. The average molecular weight is 426 g/mol. The lowest BCUT2D eigenvalue weighted by atomic mass is 10.3. The maximum Gasteiger partial charge on any atom is 0.234 e. The second-order valence-electron chi connectivity index (χ2n) is 6.62. The number of amides is 1. The lowest BCUT2D eigenvalue weighted by molar-refractivity contribution is -0.113. The summed E-state index contributed by atoms with van der Waals surface area (Å²) in [4.78, 5) is 14.6. The largest absolute Gasteiger partial charge is 0.497 e. The Labute approximate surface area is 179 Å². The van der Waals surface area contributed by atoms with Crippen LogP contribution in [0, 0.1) is 0 Å². The highest BCUT2D eigenvalue weighted by Gasteiger charge is 2.22. The van der Waals surface area contributed by atoms with E-state index in [9.17, 15) is 4.79 Å². The Morgan fingerprint density at radius 1 is 1.10 bits per heavy atom. The lowest BCUT2D eigenvalue weighted by Gasteiger charge is -2.27. The van der Waals surface area contributed by atoms with Crippen molar-refractivity contribution in [1.29, 1.82) is 0 Å². The van der Waals surface area contributed by atoms with Crippen LogP contribution in [0.2, 0.25) is 0 Å². The number of hydrogen-bond donors (Lipinski definition) is 1. The molecule has 1 N–H and O–H groups in total. The van der Waals surface area contributed by atoms with E-state index in [1.807, 2.05) is 59.2 Å². The fourth-order valence-electron chi connectivity index (χ4n) is 3.13. The van der Waals surface area contributed by atoms with Gasteiger partial charge in [-0.25, -0.2) is 0 Å². The van der Waals surface area contributed by atoms with E-state index < -0.39 is 0 Å². The van der Waals surface area contributed by atoms with Crippen LogP contribution in [0.15, 0.2) is 59.8 Å². The van der Waals surface area contributed by atoms with Crippen molar-refractivity contribution in [3.8, 4) is 11.4 Å². The number of aromatic nitrogens is 3. The van der Waals surface area contributed by atoms with E-state index in [4.69, 9.17) is 9.47 Å². The zero-order valence-electron chi connectivity index (χ0n) is 16.7. The van der Waals surface area contributed by atoms with Crippen LogP contribution in [0.3, 0.4) is 0 Å². The van der Waals surface area contributed by atoms with Gasteiger partial charge in [-0.2, -0.15) is 0 Å². The van der Waals surface area contributed by atoms with Gasteiger partial charge in [-0.1, -0.05) is 30.0 Å². The van der Waals surface area contributed by atoms with Crippen molar-refractivity contribution in [2.75, 3.05) is 49.4 Å². The first-order valence-corrected chi connectivity index (χ1v) is 10.6. The molecule has 0 radical (unpaired) electrons. The first-order valence-electron chi connectivity index (χ1n) is 9.65. The number of methoxy groups -OCH3 is 1. The molecule has 0 bridgehead atoms. The Kier molecular flexibility index (Phi) is 6.50. The van der Waals surface area contributed by atoms with Gasteiger partial charge in [0.05, 0.1) is 31.8 Å². The quantitative estimate of drug-likeness (QED) is 0.583. The van der Waals surface area contributed by atoms with E-state index in [0.717, 1.165) is 36.2 Å². The molecule has 0 atom stereocenters. The van der Waals surface area contributed by atoms with Crippen LogP contribution in [-0.2, 0) is 9.53 Å². The number of nitrogens with one attached hydrogen (secondary N) is 1. The second kappa shape index (κ2) is 9.64. The molecule has 3 aromatic rings. The Balaban J connectivity index is 1.49. The monoisotopic (exact) mass is 425 g/mol. The predicted molar refractivity (Wildman–Crippen MR) is 117 cm³/mol. The molecule has 2 heterocycles. The minimum atomic E-state index is -0.110. The third kappa shape index (κ3) is 4.74. The zero-order chi connectivity index (χ0) is 20.8. The molecule has 2 aromatic carbocycles. The number of carbonyl (C=O) groups excluding carboxylic acids is 1. The summed E-state index contributed by atoms with van der Waals surface area (Å²) in [7, 11) is 1.61. The number of morpholine rings is 1. The van der Waals surface area contributed by atoms with Crippen LogP contribution in [0.1, 0.15) is 0 Å². The normalized spacial score (nSPS) is 13.8. The van der Waals surface area contributed by atoms with Gasteiger partial charge in [0.25, 0.3) is 0 Å². The minimum Gasteiger partial charge on any atom is -0.497 e. The number of benzene rings is 2. The van der Waals surface area contributed by atoms with Gasteiger partial charge >= 0.3 is 0 Å². The average Bonchev–Trinajstić information content (AvgIpc) is 3.23. The van der Waals surface area contributed by atoms with E-state index in [1.54, 1.807) is 7.11 Å². The third-order valence-corrected chi connectivity index (χ3v) is 5.56. The highest BCUT2D eigenvalue weighted by Crippen LogP contribution is 2.27. The van der Waals surface area contributed by atoms with Crippen molar-refractivity contribution in [2.45, 2.75) is 5.16 Å². The maximum absolute atomic E-state index is 12.4. The smallest absolute Gasteiger partial charge is 0.234 e. The molecule has 156 valence electrons. The summed E-state index contributed by atoms with van der Waals surface area (Å²) >= 11 is 1.36. The van der Waals surface area contributed by atoms with Crippen LogP contribution >= 0.6 is 11.8 Å². The molecule has 9 heteroatoms. The highest BCUT2D eigenvalue weighted by molar-refractivity contribution is 7.99. The molecule has 1 aromatic heterocycles. The molecular weight excluding hydrogens is 402 g/mol. The van der Waals surface area contributed by atoms with Crippen molar-refractivity contribution in [3.05, 3.63) is 54.6 Å². The van der Waals surface area contributed by atoms with Gasteiger partial charge in [-0.15, -0.1) is 10.2 Å². The topological polar surface area (TPSA) is 81.5 Å². The summed E-state index contributed by atoms with van der Waals surface area (Å²) < 4.78 is 12.6. The van der Waals surface area contributed by atoms with E-state index in [1.165, 1.54) is 11.8 Å². The number of ether oxygens (including phenoxy) is 2. The van der Waals surface area contributed by atoms with Crippen LogP contribution in [0.5, 0.6) is 5.75 Å². The summed E-state index contributed by atoms with van der Waals surface area (Å²) in [6, 6.07) is 17.2. The number of rotatable bonds is 7. The zero-order valence-corrected chi connectivity index (χ0v) is 17.5. The van der Waals surface area contributed by atoms with E-state index in [2.05, 4.69) is 20.4 Å². The van der Waals surface area contributed by atoms with Crippen molar-refractivity contribution >= 4 is 29.3 Å². The van der Waals surface area contributed by atoms with Gasteiger partial charge < -0.3 is 19.7 Å². The maximum atomic E-state index is 12.4. The van der Waals surface area contributed by atoms with Crippen LogP contribution in [-0.4, -0.2) is 59.8 Å². The third-order valence-electron chi connectivity index (χ3n) is 4.63. The Morgan fingerprint density at radius 3 is 2.53 bits per heavy atom. The number of anilines is 2. The highest BCUT2D eigenvalue weighted by atomic mass is 32.2. The van der Waals surface area contributed by atoms with Crippen LogP contribution in [0.25, 0.3) is 5.69 Å². The van der Waals surface area contributed by atoms with Crippen LogP contribution in [0.4, 0.5) is 11.6 Å². The number of carbonyl (C=O) groups is 1. The van der Waals surface area contributed by atoms with Crippen molar-refractivity contribution in [1.82, 2.24) is 14.8 Å². The van der Waals surface area contributed by atoms with E-state index in [-0.39, 0.29) is 11.7 Å². The molecule has 0 aliphatic carbocycles. The second-order valence-corrected chi connectivity index (χ2v) is 7.56. The Bertz CT molecular complexity index is 972. The lowest BCUT2D eigenvalue weighted by Crippen LogP contribution is -2.37. The number of thioether (sulfide) groups is 1. The van der Waals surface area contributed by atoms with Crippen molar-refractivity contribution in [3.63, 3.8) is 0 Å². The molecule has 1 saturated heterocycles. The van der Waals surface area contributed by atoms with Gasteiger partial charge in [0.15, 0.2) is 5.16 Å². The first-order chi connectivity index (χ1) is 14.7. The summed E-state index contributed by atoms with van der Waals surface area (Å²) in [5, 5.41) is 12.3. The summed E-state index contributed by atoms with van der Waals surface area (Å²) in [6.45, 7) is 2.84. The van der Waals surface area contributed by atoms with E-state index >= 15 is 0 Å². The molecule has 0 saturated carbocycles. The van der Waals surface area contributed by atoms with Gasteiger partial charge in [0, 0.05) is 18.8 Å². The van der Waals surface area contributed by atoms with Gasteiger partial charge in [-0.05, 0) is 36.4 Å². The number of nitrogens with zero attached hydrogens (tertiary/aromatic N) is 4. The van der Waals surface area contributed by atoms with Crippen molar-refractivity contribution < 1.29 is 14.3 Å².